The molecule has 3 aromatic carbocycles. The molecule has 3 heterocycles. The molecular formula is C35H43N3O5. The summed E-state index contributed by atoms with van der Waals surface area (Å²) in [5, 5.41) is 6.07. The zero-order chi connectivity index (χ0) is 30.0. The van der Waals surface area contributed by atoms with E-state index in [1.807, 2.05) is 92.7 Å². The summed E-state index contributed by atoms with van der Waals surface area (Å²) >= 11 is 0. The molecule has 0 saturated carbocycles. The number of nitrogens with one attached hydrogen (secondary N) is 2. The highest BCUT2D eigenvalue weighted by Gasteiger charge is 2.36. The summed E-state index contributed by atoms with van der Waals surface area (Å²) < 4.78 is 17.6. The second-order valence-corrected chi connectivity index (χ2v) is 11.4. The van der Waals surface area contributed by atoms with E-state index >= 15 is 0 Å². The SMILES string of the molecule is CCOC(C)CCNC(=O)c1ccc(COc2cccc(C(NC(=O)O[C@H]3CN4CCC3CC4)c3ccccc3)c2)cc1. The number of amides is 2. The zero-order valence-electron chi connectivity index (χ0n) is 25.2. The Morgan fingerprint density at radius 1 is 0.953 bits per heavy atom. The molecule has 8 nitrogen and oxygen atoms in total. The monoisotopic (exact) mass is 585 g/mol. The minimum absolute atomic E-state index is 0.0600. The van der Waals surface area contributed by atoms with E-state index in [0.29, 0.717) is 37.0 Å². The van der Waals surface area contributed by atoms with Gasteiger partial charge in [0.15, 0.2) is 0 Å². The Bertz CT molecular complexity index is 1320. The van der Waals surface area contributed by atoms with Crippen LogP contribution >= 0.6 is 0 Å². The van der Waals surface area contributed by atoms with Gasteiger partial charge in [-0.3, -0.25) is 9.69 Å². The molecule has 2 amide bonds. The van der Waals surface area contributed by atoms with E-state index < -0.39 is 6.09 Å². The second kappa shape index (κ2) is 15.0. The highest BCUT2D eigenvalue weighted by atomic mass is 16.6. The molecule has 2 bridgehead atoms. The first-order valence-electron chi connectivity index (χ1n) is 15.4. The smallest absolute Gasteiger partial charge is 0.408 e. The quantitative estimate of drug-likeness (QED) is 0.267. The zero-order valence-corrected chi connectivity index (χ0v) is 25.2. The van der Waals surface area contributed by atoms with Crippen LogP contribution in [0.5, 0.6) is 5.75 Å². The lowest BCUT2D eigenvalue weighted by atomic mass is 9.86. The summed E-state index contributed by atoms with van der Waals surface area (Å²) in [5.41, 5.74) is 3.43. The van der Waals surface area contributed by atoms with Gasteiger partial charge in [0.05, 0.1) is 12.1 Å². The molecule has 2 N–H and O–H groups in total. The molecule has 3 aromatic rings. The van der Waals surface area contributed by atoms with Crippen molar-refractivity contribution in [2.24, 2.45) is 5.92 Å². The third-order valence-electron chi connectivity index (χ3n) is 8.35. The highest BCUT2D eigenvalue weighted by Crippen LogP contribution is 2.30. The van der Waals surface area contributed by atoms with Gasteiger partial charge in [0.1, 0.15) is 18.5 Å². The summed E-state index contributed by atoms with van der Waals surface area (Å²) in [7, 11) is 0. The normalized spacial score (nSPS) is 20.6. The molecule has 3 aliphatic rings. The summed E-state index contributed by atoms with van der Waals surface area (Å²) in [6, 6.07) is 24.7. The van der Waals surface area contributed by atoms with Crippen LogP contribution < -0.4 is 15.4 Å². The molecule has 3 aliphatic heterocycles. The first kappa shape index (κ1) is 30.6. The molecule has 43 heavy (non-hydrogen) atoms. The second-order valence-electron chi connectivity index (χ2n) is 11.4. The van der Waals surface area contributed by atoms with Gasteiger partial charge in [-0.25, -0.2) is 4.79 Å². The van der Waals surface area contributed by atoms with Crippen molar-refractivity contribution in [2.45, 2.75) is 58.0 Å². The number of nitrogens with zero attached hydrogens (tertiary/aromatic N) is 1. The van der Waals surface area contributed by atoms with Gasteiger partial charge in [-0.05, 0) is 93.1 Å². The van der Waals surface area contributed by atoms with Crippen molar-refractivity contribution in [3.05, 3.63) is 101 Å². The Kier molecular flexibility index (Phi) is 10.7. The average molecular weight is 586 g/mol. The van der Waals surface area contributed by atoms with E-state index in [4.69, 9.17) is 14.2 Å². The molecule has 0 spiro atoms. The third kappa shape index (κ3) is 8.58. The fourth-order valence-electron chi connectivity index (χ4n) is 5.90. The first-order valence-corrected chi connectivity index (χ1v) is 15.4. The lowest BCUT2D eigenvalue weighted by Gasteiger charge is -2.43. The largest absolute Gasteiger partial charge is 0.489 e. The molecule has 8 heteroatoms. The Labute approximate surface area is 254 Å². The minimum atomic E-state index is -0.396. The summed E-state index contributed by atoms with van der Waals surface area (Å²) in [6.45, 7) is 8.57. The van der Waals surface area contributed by atoms with E-state index in [1.54, 1.807) is 0 Å². The van der Waals surface area contributed by atoms with Gasteiger partial charge in [-0.2, -0.15) is 0 Å². The van der Waals surface area contributed by atoms with Gasteiger partial charge in [0.2, 0.25) is 0 Å². The molecule has 6 rings (SSSR count). The fraction of sp³-hybridized carbons (Fsp3) is 0.429. The van der Waals surface area contributed by atoms with Crippen LogP contribution in [0.3, 0.4) is 0 Å². The molecule has 228 valence electrons. The van der Waals surface area contributed by atoms with Crippen molar-refractivity contribution < 1.29 is 23.8 Å². The van der Waals surface area contributed by atoms with Crippen LogP contribution in [0.1, 0.15) is 66.2 Å². The van der Waals surface area contributed by atoms with Crippen molar-refractivity contribution in [3.8, 4) is 5.75 Å². The Morgan fingerprint density at radius 3 is 2.40 bits per heavy atom. The van der Waals surface area contributed by atoms with E-state index in [1.165, 1.54) is 0 Å². The van der Waals surface area contributed by atoms with Gasteiger partial charge < -0.3 is 24.8 Å². The Balaban J connectivity index is 1.18. The van der Waals surface area contributed by atoms with E-state index in [2.05, 4.69) is 15.5 Å². The van der Waals surface area contributed by atoms with Gasteiger partial charge in [-0.15, -0.1) is 0 Å². The number of benzene rings is 3. The van der Waals surface area contributed by atoms with Crippen molar-refractivity contribution in [3.63, 3.8) is 0 Å². The number of alkyl carbamates (subject to hydrolysis) is 1. The molecule has 3 atom stereocenters. The highest BCUT2D eigenvalue weighted by molar-refractivity contribution is 5.94. The van der Waals surface area contributed by atoms with Crippen molar-refractivity contribution in [2.75, 3.05) is 32.8 Å². The number of fused-ring (bicyclic) bond motifs is 3. The fourth-order valence-corrected chi connectivity index (χ4v) is 5.90. The number of carbonyl (C=O) groups excluding carboxylic acids is 2. The molecular weight excluding hydrogens is 542 g/mol. The third-order valence-corrected chi connectivity index (χ3v) is 8.35. The predicted octanol–water partition coefficient (Wildman–Crippen LogP) is 5.72. The molecule has 0 radical (unpaired) electrons. The van der Waals surface area contributed by atoms with Crippen molar-refractivity contribution in [1.29, 1.82) is 0 Å². The van der Waals surface area contributed by atoms with Gasteiger partial charge in [-0.1, -0.05) is 54.6 Å². The van der Waals surface area contributed by atoms with Gasteiger partial charge in [0.25, 0.3) is 5.91 Å². The van der Waals surface area contributed by atoms with Crippen LogP contribution in [0.4, 0.5) is 4.79 Å². The summed E-state index contributed by atoms with van der Waals surface area (Å²) in [5.74, 6) is 1.03. The van der Waals surface area contributed by atoms with Crippen LogP contribution in [-0.2, 0) is 16.1 Å². The number of carbonyl (C=O) groups is 2. The molecule has 3 saturated heterocycles. The number of rotatable bonds is 13. The summed E-state index contributed by atoms with van der Waals surface area (Å²) in [4.78, 5) is 28.0. The van der Waals surface area contributed by atoms with Crippen LogP contribution in [0.2, 0.25) is 0 Å². The van der Waals surface area contributed by atoms with Crippen LogP contribution in [0, 0.1) is 5.92 Å². The average Bonchev–Trinajstić information content (AvgIpc) is 3.04. The molecule has 2 unspecified atom stereocenters. The molecule has 0 aliphatic carbocycles. The maximum Gasteiger partial charge on any atom is 0.408 e. The minimum Gasteiger partial charge on any atom is -0.489 e. The van der Waals surface area contributed by atoms with E-state index in [-0.39, 0.29) is 24.2 Å². The van der Waals surface area contributed by atoms with Crippen molar-refractivity contribution >= 4 is 12.0 Å². The first-order chi connectivity index (χ1) is 21.0. The van der Waals surface area contributed by atoms with Gasteiger partial charge in [0, 0.05) is 25.3 Å². The topological polar surface area (TPSA) is 89.1 Å². The standard InChI is InChI=1S/C35H43N3O5/c1-3-41-25(2)16-19-36-34(39)29-14-12-26(13-15-29)24-42-31-11-7-10-30(22-31)33(28-8-5-4-6-9-28)37-35(40)43-32-23-38-20-17-27(32)18-21-38/h4-15,22,25,27,32-33H,3,16-21,23-24H2,1-2H3,(H,36,39)(H,37,40)/t25?,32-,33?/m0/s1. The Morgan fingerprint density at radius 2 is 1.70 bits per heavy atom. The lowest BCUT2D eigenvalue weighted by molar-refractivity contribution is -0.0336. The number of ether oxygens (including phenoxy) is 3. The maximum atomic E-state index is 13.1. The van der Waals surface area contributed by atoms with Gasteiger partial charge >= 0.3 is 6.09 Å². The van der Waals surface area contributed by atoms with E-state index in [9.17, 15) is 9.59 Å². The van der Waals surface area contributed by atoms with Crippen LogP contribution in [-0.4, -0.2) is 61.9 Å². The molecule has 3 fully saturated rings. The molecule has 0 aromatic heterocycles. The Hall–Kier alpha value is -3.88. The van der Waals surface area contributed by atoms with Crippen LogP contribution in [0.25, 0.3) is 0 Å². The number of hydrogen-bond acceptors (Lipinski definition) is 6. The van der Waals surface area contributed by atoms with Crippen molar-refractivity contribution in [1.82, 2.24) is 15.5 Å². The van der Waals surface area contributed by atoms with E-state index in [0.717, 1.165) is 55.6 Å². The predicted molar refractivity (Wildman–Crippen MR) is 166 cm³/mol. The number of hydrogen-bond donors (Lipinski definition) is 2. The number of piperidine rings is 3. The maximum absolute atomic E-state index is 13.1. The lowest BCUT2D eigenvalue weighted by Crippen LogP contribution is -2.52. The van der Waals surface area contributed by atoms with Crippen LogP contribution in [0.15, 0.2) is 78.9 Å². The summed E-state index contributed by atoms with van der Waals surface area (Å²) in [6.07, 6.45) is 2.60.